The van der Waals surface area contributed by atoms with Gasteiger partial charge in [0.05, 0.1) is 18.8 Å². The minimum atomic E-state index is -1.01. The summed E-state index contributed by atoms with van der Waals surface area (Å²) in [6.45, 7) is 4.28. The molecule has 0 saturated carbocycles. The van der Waals surface area contributed by atoms with E-state index in [1.807, 2.05) is 19.9 Å². The van der Waals surface area contributed by atoms with E-state index in [1.54, 1.807) is 12.1 Å². The van der Waals surface area contributed by atoms with Gasteiger partial charge < -0.3 is 19.8 Å². The molecule has 0 saturated heterocycles. The monoisotopic (exact) mass is 251 g/mol. The lowest BCUT2D eigenvalue weighted by Crippen LogP contribution is -2.37. The van der Waals surface area contributed by atoms with Gasteiger partial charge in [0, 0.05) is 6.54 Å². The zero-order valence-electron chi connectivity index (χ0n) is 10.5. The number of hydrogen-bond donors (Lipinski definition) is 2. The van der Waals surface area contributed by atoms with Gasteiger partial charge in [0.25, 0.3) is 0 Å². The molecule has 2 rings (SSSR count). The summed E-state index contributed by atoms with van der Waals surface area (Å²) in [4.78, 5) is 12.1. The summed E-state index contributed by atoms with van der Waals surface area (Å²) in [7, 11) is 0. The first-order chi connectivity index (χ1) is 8.47. The fraction of sp³-hybridized carbons (Fsp3) is 0.462. The normalized spacial score (nSPS) is 18.7. The number of nitrogens with zero attached hydrogens (tertiary/aromatic N) is 1. The summed E-state index contributed by atoms with van der Waals surface area (Å²) < 4.78 is 5.56. The molecule has 0 fully saturated rings. The summed E-state index contributed by atoms with van der Waals surface area (Å²) in [6, 6.07) is 5.40. The summed E-state index contributed by atoms with van der Waals surface area (Å²) in [5.41, 5.74) is 1.58. The molecule has 1 aromatic rings. The molecule has 1 aliphatic rings. The Labute approximate surface area is 106 Å². The number of benzene rings is 1. The highest BCUT2D eigenvalue weighted by Gasteiger charge is 2.26. The number of aliphatic hydroxyl groups is 1. The Morgan fingerprint density at radius 1 is 1.50 bits per heavy atom. The van der Waals surface area contributed by atoms with E-state index in [9.17, 15) is 9.90 Å². The van der Waals surface area contributed by atoms with Crippen molar-refractivity contribution in [3.63, 3.8) is 0 Å². The van der Waals surface area contributed by atoms with Crippen LogP contribution in [0.5, 0.6) is 5.75 Å². The molecule has 18 heavy (non-hydrogen) atoms. The Bertz CT molecular complexity index is 458. The zero-order chi connectivity index (χ0) is 13.3. The van der Waals surface area contributed by atoms with E-state index in [2.05, 4.69) is 0 Å². The van der Waals surface area contributed by atoms with Crippen molar-refractivity contribution < 1.29 is 19.7 Å². The maximum atomic E-state index is 10.9. The Hall–Kier alpha value is -1.75. The van der Waals surface area contributed by atoms with Crippen LogP contribution in [-0.4, -0.2) is 33.9 Å². The lowest BCUT2D eigenvalue weighted by Gasteiger charge is -2.30. The zero-order valence-corrected chi connectivity index (χ0v) is 10.5. The summed E-state index contributed by atoms with van der Waals surface area (Å²) >= 11 is 0. The Balaban J connectivity index is 2.26. The van der Waals surface area contributed by atoms with E-state index >= 15 is 0 Å². The molecule has 1 atom stereocenters. The highest BCUT2D eigenvalue weighted by Crippen LogP contribution is 2.30. The van der Waals surface area contributed by atoms with Crippen LogP contribution in [0.15, 0.2) is 18.2 Å². The quantitative estimate of drug-likeness (QED) is 0.843. The fourth-order valence-corrected chi connectivity index (χ4v) is 2.10. The summed E-state index contributed by atoms with van der Waals surface area (Å²) in [5, 5.41) is 18.9. The maximum absolute atomic E-state index is 10.9. The van der Waals surface area contributed by atoms with Gasteiger partial charge in [-0.05, 0) is 37.1 Å². The van der Waals surface area contributed by atoms with Gasteiger partial charge in [-0.1, -0.05) is 6.07 Å². The average Bonchev–Trinajstić information content (AvgIpc) is 2.28. The lowest BCUT2D eigenvalue weighted by atomic mass is 9.97. The predicted octanol–water partition coefficient (Wildman–Crippen LogP) is 2.00. The third-order valence-electron chi connectivity index (χ3n) is 2.87. The molecule has 1 aromatic carbocycles. The van der Waals surface area contributed by atoms with Crippen LogP contribution in [0, 0.1) is 0 Å². The molecule has 0 aromatic heterocycles. The molecular weight excluding hydrogens is 234 g/mol. The first-order valence-corrected chi connectivity index (χ1v) is 5.93. The number of rotatable bonds is 2. The molecule has 1 heterocycles. The highest BCUT2D eigenvalue weighted by molar-refractivity contribution is 5.65. The second kappa shape index (κ2) is 4.86. The third kappa shape index (κ3) is 2.56. The number of β-amino-alcohol motifs (C(OH)–C–C–N with tert-alkyl or cyclic N) is 1. The van der Waals surface area contributed by atoms with Crippen molar-refractivity contribution in [2.24, 2.45) is 0 Å². The average molecular weight is 251 g/mol. The van der Waals surface area contributed by atoms with Crippen LogP contribution in [0.25, 0.3) is 0 Å². The first kappa shape index (κ1) is 12.7. The summed E-state index contributed by atoms with van der Waals surface area (Å²) in [6.07, 6.45) is -1.73. The highest BCUT2D eigenvalue weighted by atomic mass is 16.5. The molecule has 5 nitrogen and oxygen atoms in total. The topological polar surface area (TPSA) is 70.0 Å². The van der Waals surface area contributed by atoms with E-state index < -0.39 is 12.2 Å². The van der Waals surface area contributed by atoms with Crippen molar-refractivity contribution >= 4 is 6.09 Å². The smallest absolute Gasteiger partial charge is 0.407 e. The van der Waals surface area contributed by atoms with Gasteiger partial charge in [-0.25, -0.2) is 4.79 Å². The van der Waals surface area contributed by atoms with E-state index in [1.165, 1.54) is 4.90 Å². The number of amides is 1. The first-order valence-electron chi connectivity index (χ1n) is 5.93. The SMILES string of the molecule is CC(C)Oc1ccc2c(c1)C(O)CN(C(=O)O)C2. The minimum absolute atomic E-state index is 0.0688. The van der Waals surface area contributed by atoms with Crippen LogP contribution in [0.2, 0.25) is 0 Å². The predicted molar refractivity (Wildman–Crippen MR) is 65.6 cm³/mol. The van der Waals surface area contributed by atoms with Crippen LogP contribution in [0.3, 0.4) is 0 Å². The third-order valence-corrected chi connectivity index (χ3v) is 2.87. The van der Waals surface area contributed by atoms with Gasteiger partial charge in [0.1, 0.15) is 5.75 Å². The molecule has 0 radical (unpaired) electrons. The Kier molecular flexibility index (Phi) is 3.43. The minimum Gasteiger partial charge on any atom is -0.491 e. The van der Waals surface area contributed by atoms with Crippen molar-refractivity contribution in [1.82, 2.24) is 4.90 Å². The number of fused-ring (bicyclic) bond motifs is 1. The number of hydrogen-bond acceptors (Lipinski definition) is 3. The number of ether oxygens (including phenoxy) is 1. The van der Waals surface area contributed by atoms with Crippen molar-refractivity contribution in [3.05, 3.63) is 29.3 Å². The largest absolute Gasteiger partial charge is 0.491 e. The molecule has 1 aliphatic heterocycles. The molecule has 1 amide bonds. The molecule has 0 aliphatic carbocycles. The molecular formula is C13H17NO4. The van der Waals surface area contributed by atoms with Gasteiger partial charge in [0.2, 0.25) is 0 Å². The van der Waals surface area contributed by atoms with Crippen molar-refractivity contribution in [3.8, 4) is 5.75 Å². The molecule has 0 spiro atoms. The van der Waals surface area contributed by atoms with E-state index in [-0.39, 0.29) is 12.6 Å². The van der Waals surface area contributed by atoms with Gasteiger partial charge in [-0.2, -0.15) is 0 Å². The van der Waals surface area contributed by atoms with Crippen molar-refractivity contribution in [1.29, 1.82) is 0 Å². The standard InChI is InChI=1S/C13H17NO4/c1-8(2)18-10-4-3-9-6-14(13(16)17)7-12(15)11(9)5-10/h3-5,8,12,15H,6-7H2,1-2H3,(H,16,17). The van der Waals surface area contributed by atoms with Crippen LogP contribution in [0.4, 0.5) is 4.79 Å². The Morgan fingerprint density at radius 3 is 2.83 bits per heavy atom. The Morgan fingerprint density at radius 2 is 2.22 bits per heavy atom. The lowest BCUT2D eigenvalue weighted by molar-refractivity contribution is 0.0816. The molecule has 5 heteroatoms. The number of aliphatic hydroxyl groups excluding tert-OH is 1. The molecule has 2 N–H and O–H groups in total. The van der Waals surface area contributed by atoms with Crippen LogP contribution >= 0.6 is 0 Å². The second-order valence-corrected chi connectivity index (χ2v) is 4.71. The summed E-state index contributed by atoms with van der Waals surface area (Å²) in [5.74, 6) is 0.701. The molecule has 98 valence electrons. The number of carboxylic acid groups (broad SMARTS) is 1. The van der Waals surface area contributed by atoms with Gasteiger partial charge in [-0.3, -0.25) is 0 Å². The van der Waals surface area contributed by atoms with Crippen LogP contribution in [0.1, 0.15) is 31.1 Å². The van der Waals surface area contributed by atoms with E-state index in [0.717, 1.165) is 11.1 Å². The van der Waals surface area contributed by atoms with Crippen molar-refractivity contribution in [2.75, 3.05) is 6.54 Å². The van der Waals surface area contributed by atoms with Gasteiger partial charge >= 0.3 is 6.09 Å². The van der Waals surface area contributed by atoms with E-state index in [0.29, 0.717) is 12.3 Å². The van der Waals surface area contributed by atoms with Crippen LogP contribution < -0.4 is 4.74 Å². The van der Waals surface area contributed by atoms with Gasteiger partial charge in [0.15, 0.2) is 0 Å². The second-order valence-electron chi connectivity index (χ2n) is 4.71. The molecule has 0 bridgehead atoms. The van der Waals surface area contributed by atoms with Crippen LogP contribution in [-0.2, 0) is 6.54 Å². The van der Waals surface area contributed by atoms with E-state index in [4.69, 9.17) is 9.84 Å². The van der Waals surface area contributed by atoms with Gasteiger partial charge in [-0.15, -0.1) is 0 Å². The molecule has 1 unspecified atom stereocenters. The van der Waals surface area contributed by atoms with Crippen molar-refractivity contribution in [2.45, 2.75) is 32.6 Å². The number of carbonyl (C=O) groups is 1. The fourth-order valence-electron chi connectivity index (χ4n) is 2.10. The maximum Gasteiger partial charge on any atom is 0.407 e.